The molecule has 2 aliphatic rings. The van der Waals surface area contributed by atoms with Gasteiger partial charge in [0.1, 0.15) is 0 Å². The van der Waals surface area contributed by atoms with Crippen molar-refractivity contribution in [3.63, 3.8) is 0 Å². The molecule has 0 atom stereocenters. The molecule has 0 bridgehead atoms. The summed E-state index contributed by atoms with van der Waals surface area (Å²) in [4.78, 5) is 19.2. The minimum atomic E-state index is -3.11. The number of hydrogen-bond donors (Lipinski definition) is 2. The molecule has 0 aromatic rings. The number of amides is 1. The summed E-state index contributed by atoms with van der Waals surface area (Å²) in [6, 6.07) is 0.185. The molecule has 1 aliphatic carbocycles. The fourth-order valence-electron chi connectivity index (χ4n) is 4.17. The molecular formula is C19H37N5O3S. The van der Waals surface area contributed by atoms with E-state index in [1.54, 1.807) is 16.1 Å². The van der Waals surface area contributed by atoms with Gasteiger partial charge in [0, 0.05) is 39.8 Å². The van der Waals surface area contributed by atoms with Crippen molar-refractivity contribution in [1.29, 1.82) is 0 Å². The number of hydrogen-bond acceptors (Lipinski definition) is 4. The zero-order valence-corrected chi connectivity index (χ0v) is 18.6. The van der Waals surface area contributed by atoms with Crippen molar-refractivity contribution < 1.29 is 13.2 Å². The van der Waals surface area contributed by atoms with Crippen molar-refractivity contribution in [3.05, 3.63) is 0 Å². The second kappa shape index (κ2) is 9.91. The van der Waals surface area contributed by atoms with E-state index in [0.717, 1.165) is 51.0 Å². The number of rotatable bonds is 7. The van der Waals surface area contributed by atoms with Gasteiger partial charge in [-0.15, -0.1) is 0 Å². The van der Waals surface area contributed by atoms with E-state index in [1.807, 2.05) is 21.0 Å². The molecule has 1 aliphatic heterocycles. The Hall–Kier alpha value is -1.35. The van der Waals surface area contributed by atoms with E-state index in [-0.39, 0.29) is 23.1 Å². The summed E-state index contributed by atoms with van der Waals surface area (Å²) < 4.78 is 25.6. The molecule has 2 rings (SSSR count). The predicted molar refractivity (Wildman–Crippen MR) is 113 cm³/mol. The van der Waals surface area contributed by atoms with Gasteiger partial charge in [0.25, 0.3) is 0 Å². The Morgan fingerprint density at radius 2 is 1.79 bits per heavy atom. The first-order chi connectivity index (χ1) is 13.2. The number of guanidine groups is 1. The number of carbonyl (C=O) groups is 1. The highest BCUT2D eigenvalue weighted by Gasteiger charge is 2.42. The second-order valence-corrected chi connectivity index (χ2v) is 10.4. The third kappa shape index (κ3) is 5.59. The lowest BCUT2D eigenvalue weighted by Crippen LogP contribution is -2.50. The van der Waals surface area contributed by atoms with Gasteiger partial charge >= 0.3 is 0 Å². The van der Waals surface area contributed by atoms with E-state index < -0.39 is 10.0 Å². The summed E-state index contributed by atoms with van der Waals surface area (Å²) in [6.45, 7) is 6.01. The van der Waals surface area contributed by atoms with Crippen LogP contribution in [0.15, 0.2) is 4.99 Å². The monoisotopic (exact) mass is 415 g/mol. The maximum atomic E-state index is 12.7. The molecule has 1 amide bonds. The number of aliphatic imine (C=N–C) groups is 1. The standard InChI is InChI=1S/C19H37N5O3S/c1-5-20-18(21-15-19(11-7-8-12-19)17(25)23(3)4)22-16-9-13-24(14-10-16)28(26,27)6-2/h16H,5-15H2,1-4H3,(H2,20,21,22). The molecule has 8 nitrogen and oxygen atoms in total. The molecular weight excluding hydrogens is 378 g/mol. The maximum absolute atomic E-state index is 12.7. The normalized spacial score (nSPS) is 21.5. The quantitative estimate of drug-likeness (QED) is 0.478. The number of nitrogens with zero attached hydrogens (tertiary/aromatic N) is 3. The Balaban J connectivity index is 2.00. The summed E-state index contributed by atoms with van der Waals surface area (Å²) in [6.07, 6.45) is 5.43. The van der Waals surface area contributed by atoms with Crippen LogP contribution in [0.1, 0.15) is 52.4 Å². The smallest absolute Gasteiger partial charge is 0.230 e. The van der Waals surface area contributed by atoms with Gasteiger partial charge in [-0.2, -0.15) is 0 Å². The van der Waals surface area contributed by atoms with Crippen LogP contribution in [-0.4, -0.2) is 81.6 Å². The molecule has 2 N–H and O–H groups in total. The molecule has 0 radical (unpaired) electrons. The van der Waals surface area contributed by atoms with Crippen molar-refractivity contribution in [1.82, 2.24) is 19.8 Å². The lowest BCUT2D eigenvalue weighted by molar-refractivity contribution is -0.138. The molecule has 0 spiro atoms. The van der Waals surface area contributed by atoms with E-state index in [4.69, 9.17) is 4.99 Å². The summed E-state index contributed by atoms with van der Waals surface area (Å²) in [5.41, 5.74) is -0.385. The van der Waals surface area contributed by atoms with Crippen LogP contribution < -0.4 is 10.6 Å². The van der Waals surface area contributed by atoms with E-state index in [0.29, 0.717) is 19.6 Å². The van der Waals surface area contributed by atoms with Crippen LogP contribution >= 0.6 is 0 Å². The van der Waals surface area contributed by atoms with E-state index in [9.17, 15) is 13.2 Å². The minimum absolute atomic E-state index is 0.150. The predicted octanol–water partition coefficient (Wildman–Crippen LogP) is 1.00. The van der Waals surface area contributed by atoms with Crippen molar-refractivity contribution >= 4 is 21.9 Å². The number of sulfonamides is 1. The average Bonchev–Trinajstić information content (AvgIpc) is 3.16. The Kier molecular flexibility index (Phi) is 8.12. The van der Waals surface area contributed by atoms with Crippen LogP contribution in [0.25, 0.3) is 0 Å². The molecule has 0 unspecified atom stereocenters. The molecule has 0 aromatic carbocycles. The van der Waals surface area contributed by atoms with Crippen LogP contribution in [0, 0.1) is 5.41 Å². The molecule has 0 aromatic heterocycles. The lowest BCUT2D eigenvalue weighted by Gasteiger charge is -2.33. The van der Waals surface area contributed by atoms with Crippen molar-refractivity contribution in [2.24, 2.45) is 10.4 Å². The Bertz CT molecular complexity index is 648. The van der Waals surface area contributed by atoms with Gasteiger partial charge in [-0.3, -0.25) is 9.79 Å². The molecule has 1 saturated carbocycles. The maximum Gasteiger partial charge on any atom is 0.230 e. The third-order valence-corrected chi connectivity index (χ3v) is 7.74. The molecule has 1 heterocycles. The first-order valence-electron chi connectivity index (χ1n) is 10.5. The molecule has 162 valence electrons. The molecule has 9 heteroatoms. The van der Waals surface area contributed by atoms with E-state index in [2.05, 4.69) is 10.6 Å². The third-order valence-electron chi connectivity index (χ3n) is 5.86. The number of carbonyl (C=O) groups excluding carboxylic acids is 1. The van der Waals surface area contributed by atoms with Gasteiger partial charge < -0.3 is 15.5 Å². The van der Waals surface area contributed by atoms with Crippen molar-refractivity contribution in [2.75, 3.05) is 46.0 Å². The summed E-state index contributed by atoms with van der Waals surface area (Å²) in [5, 5.41) is 6.72. The van der Waals surface area contributed by atoms with Crippen LogP contribution in [0.3, 0.4) is 0 Å². The van der Waals surface area contributed by atoms with Crippen LogP contribution in [0.5, 0.6) is 0 Å². The van der Waals surface area contributed by atoms with Gasteiger partial charge in [0.05, 0.1) is 17.7 Å². The minimum Gasteiger partial charge on any atom is -0.357 e. The topological polar surface area (TPSA) is 94.1 Å². The van der Waals surface area contributed by atoms with Gasteiger partial charge in [0.2, 0.25) is 15.9 Å². The fourth-order valence-corrected chi connectivity index (χ4v) is 5.30. The van der Waals surface area contributed by atoms with Gasteiger partial charge in [0.15, 0.2) is 5.96 Å². The second-order valence-electron chi connectivity index (χ2n) is 8.10. The molecule has 28 heavy (non-hydrogen) atoms. The zero-order chi connectivity index (χ0) is 20.8. The Morgan fingerprint density at radius 1 is 1.18 bits per heavy atom. The summed E-state index contributed by atoms with van der Waals surface area (Å²) >= 11 is 0. The van der Waals surface area contributed by atoms with E-state index in [1.165, 1.54) is 0 Å². The summed E-state index contributed by atoms with van der Waals surface area (Å²) in [7, 11) is 0.513. The average molecular weight is 416 g/mol. The van der Waals surface area contributed by atoms with Crippen molar-refractivity contribution in [3.8, 4) is 0 Å². The number of nitrogens with one attached hydrogen (secondary N) is 2. The van der Waals surface area contributed by atoms with Crippen LogP contribution in [0.2, 0.25) is 0 Å². The number of piperidine rings is 1. The Labute approximate surface area is 170 Å². The summed E-state index contributed by atoms with van der Waals surface area (Å²) in [5.74, 6) is 1.04. The Morgan fingerprint density at radius 3 is 2.29 bits per heavy atom. The lowest BCUT2D eigenvalue weighted by atomic mass is 9.85. The molecule has 1 saturated heterocycles. The highest BCUT2D eigenvalue weighted by atomic mass is 32.2. The first kappa shape index (κ1) is 22.9. The van der Waals surface area contributed by atoms with Gasteiger partial charge in [-0.1, -0.05) is 12.8 Å². The SMILES string of the molecule is CCNC(=NCC1(C(=O)N(C)C)CCCC1)NC1CCN(S(=O)(=O)CC)CC1. The van der Waals surface area contributed by atoms with Crippen LogP contribution in [0.4, 0.5) is 0 Å². The fraction of sp³-hybridized carbons (Fsp3) is 0.895. The van der Waals surface area contributed by atoms with Gasteiger partial charge in [-0.05, 0) is 39.5 Å². The van der Waals surface area contributed by atoms with Gasteiger partial charge in [-0.25, -0.2) is 12.7 Å². The largest absolute Gasteiger partial charge is 0.357 e. The van der Waals surface area contributed by atoms with E-state index >= 15 is 0 Å². The highest BCUT2D eigenvalue weighted by Crippen LogP contribution is 2.39. The zero-order valence-electron chi connectivity index (χ0n) is 17.8. The van der Waals surface area contributed by atoms with Crippen LogP contribution in [-0.2, 0) is 14.8 Å². The molecule has 2 fully saturated rings. The first-order valence-corrected chi connectivity index (χ1v) is 12.1. The van der Waals surface area contributed by atoms with Crippen molar-refractivity contribution in [2.45, 2.75) is 58.4 Å². The highest BCUT2D eigenvalue weighted by molar-refractivity contribution is 7.89.